The van der Waals surface area contributed by atoms with Crippen LogP contribution in [0.15, 0.2) is 18.2 Å². The van der Waals surface area contributed by atoms with E-state index in [-0.39, 0.29) is 5.91 Å². The van der Waals surface area contributed by atoms with Crippen molar-refractivity contribution < 1.29 is 9.53 Å². The van der Waals surface area contributed by atoms with E-state index in [1.54, 1.807) is 0 Å². The first-order valence-corrected chi connectivity index (χ1v) is 7.03. The fourth-order valence-electron chi connectivity index (χ4n) is 2.74. The second kappa shape index (κ2) is 5.61. The van der Waals surface area contributed by atoms with Crippen LogP contribution in [0.1, 0.15) is 17.5 Å². The highest BCUT2D eigenvalue weighted by atomic mass is 16.5. The third-order valence-corrected chi connectivity index (χ3v) is 3.87. The molecule has 2 heterocycles. The topological polar surface area (TPSA) is 50.4 Å². The van der Waals surface area contributed by atoms with Crippen molar-refractivity contribution in [1.82, 2.24) is 10.6 Å². The maximum Gasteiger partial charge on any atom is 0.224 e. The third-order valence-electron chi connectivity index (χ3n) is 3.87. The van der Waals surface area contributed by atoms with E-state index < -0.39 is 0 Å². The minimum absolute atomic E-state index is 0.116. The number of amides is 1. The summed E-state index contributed by atoms with van der Waals surface area (Å²) in [5, 5.41) is 6.34. The van der Waals surface area contributed by atoms with Crippen molar-refractivity contribution in [3.8, 4) is 5.75 Å². The van der Waals surface area contributed by atoms with Crippen molar-refractivity contribution in [2.24, 2.45) is 5.92 Å². The van der Waals surface area contributed by atoms with E-state index in [0.717, 1.165) is 50.4 Å². The maximum atomic E-state index is 11.9. The number of ether oxygens (including phenoxy) is 1. The molecule has 0 spiro atoms. The van der Waals surface area contributed by atoms with Gasteiger partial charge in [-0.15, -0.1) is 0 Å². The lowest BCUT2D eigenvalue weighted by molar-refractivity contribution is -0.120. The smallest absolute Gasteiger partial charge is 0.224 e. The van der Waals surface area contributed by atoms with Crippen molar-refractivity contribution in [3.63, 3.8) is 0 Å². The van der Waals surface area contributed by atoms with Crippen molar-refractivity contribution in [1.29, 1.82) is 0 Å². The summed E-state index contributed by atoms with van der Waals surface area (Å²) in [4.78, 5) is 11.9. The largest absolute Gasteiger partial charge is 0.493 e. The highest BCUT2D eigenvalue weighted by Gasteiger charge is 2.16. The molecular formula is C15H20N2O2. The Kier molecular flexibility index (Phi) is 3.69. The molecule has 0 aromatic heterocycles. The van der Waals surface area contributed by atoms with Gasteiger partial charge in [0.25, 0.3) is 0 Å². The molecule has 1 aromatic rings. The van der Waals surface area contributed by atoms with E-state index in [1.165, 1.54) is 5.56 Å². The van der Waals surface area contributed by atoms with Gasteiger partial charge < -0.3 is 15.4 Å². The van der Waals surface area contributed by atoms with Gasteiger partial charge >= 0.3 is 0 Å². The van der Waals surface area contributed by atoms with Crippen LogP contribution in [-0.2, 0) is 17.6 Å². The first-order valence-electron chi connectivity index (χ1n) is 7.03. The zero-order valence-electron chi connectivity index (χ0n) is 11.1. The molecule has 1 atom stereocenters. The predicted molar refractivity (Wildman–Crippen MR) is 73.3 cm³/mol. The van der Waals surface area contributed by atoms with Crippen LogP contribution in [0.2, 0.25) is 0 Å². The lowest BCUT2D eigenvalue weighted by atomic mass is 10.1. The number of fused-ring (bicyclic) bond motifs is 1. The minimum atomic E-state index is 0.116. The molecule has 1 aromatic carbocycles. The van der Waals surface area contributed by atoms with Gasteiger partial charge in [0.1, 0.15) is 5.75 Å². The Labute approximate surface area is 113 Å². The Morgan fingerprint density at radius 2 is 2.42 bits per heavy atom. The fourth-order valence-corrected chi connectivity index (χ4v) is 2.74. The lowest BCUT2D eigenvalue weighted by Crippen LogP contribution is -2.31. The zero-order chi connectivity index (χ0) is 13.1. The second-order valence-corrected chi connectivity index (χ2v) is 5.38. The SMILES string of the molecule is O=C(Cc1ccc2c(c1)CCO2)NCC1CCNC1. The number of nitrogens with one attached hydrogen (secondary N) is 2. The first-order chi connectivity index (χ1) is 9.31. The van der Waals surface area contributed by atoms with Crippen molar-refractivity contribution in [2.45, 2.75) is 19.3 Å². The first kappa shape index (κ1) is 12.5. The molecule has 2 N–H and O–H groups in total. The fraction of sp³-hybridized carbons (Fsp3) is 0.533. The molecule has 1 amide bonds. The number of benzene rings is 1. The van der Waals surface area contributed by atoms with Crippen LogP contribution in [0.25, 0.3) is 0 Å². The van der Waals surface area contributed by atoms with E-state index in [2.05, 4.69) is 16.7 Å². The van der Waals surface area contributed by atoms with Gasteiger partial charge in [-0.05, 0) is 42.6 Å². The second-order valence-electron chi connectivity index (χ2n) is 5.38. The Morgan fingerprint density at radius 1 is 1.47 bits per heavy atom. The highest BCUT2D eigenvalue weighted by molar-refractivity contribution is 5.78. The van der Waals surface area contributed by atoms with Crippen LogP contribution < -0.4 is 15.4 Å². The Balaban J connectivity index is 1.51. The lowest BCUT2D eigenvalue weighted by Gasteiger charge is -2.10. The predicted octanol–water partition coefficient (Wildman–Crippen LogP) is 0.890. The van der Waals surface area contributed by atoms with Gasteiger partial charge in [-0.25, -0.2) is 0 Å². The van der Waals surface area contributed by atoms with E-state index in [4.69, 9.17) is 4.74 Å². The molecule has 3 rings (SSSR count). The summed E-state index contributed by atoms with van der Waals surface area (Å²) in [6, 6.07) is 6.06. The summed E-state index contributed by atoms with van der Waals surface area (Å²) >= 11 is 0. The van der Waals surface area contributed by atoms with Crippen LogP contribution in [0.3, 0.4) is 0 Å². The summed E-state index contributed by atoms with van der Waals surface area (Å²) in [5.41, 5.74) is 2.30. The molecule has 19 heavy (non-hydrogen) atoms. The summed E-state index contributed by atoms with van der Waals surface area (Å²) in [6.45, 7) is 3.65. The van der Waals surface area contributed by atoms with E-state index in [1.807, 2.05) is 12.1 Å². The van der Waals surface area contributed by atoms with Crippen molar-refractivity contribution in [2.75, 3.05) is 26.2 Å². The van der Waals surface area contributed by atoms with Crippen molar-refractivity contribution >= 4 is 5.91 Å². The van der Waals surface area contributed by atoms with Crippen LogP contribution in [-0.4, -0.2) is 32.1 Å². The summed E-state index contributed by atoms with van der Waals surface area (Å²) < 4.78 is 5.47. The minimum Gasteiger partial charge on any atom is -0.493 e. The molecule has 0 aliphatic carbocycles. The highest BCUT2D eigenvalue weighted by Crippen LogP contribution is 2.25. The van der Waals surface area contributed by atoms with Crippen molar-refractivity contribution in [3.05, 3.63) is 29.3 Å². The summed E-state index contributed by atoms with van der Waals surface area (Å²) in [6.07, 6.45) is 2.59. The Morgan fingerprint density at radius 3 is 3.26 bits per heavy atom. The molecular weight excluding hydrogens is 240 g/mol. The summed E-state index contributed by atoms with van der Waals surface area (Å²) in [7, 11) is 0. The molecule has 4 nitrogen and oxygen atoms in total. The number of carbonyl (C=O) groups is 1. The van der Waals surface area contributed by atoms with Crippen LogP contribution in [0.5, 0.6) is 5.75 Å². The number of carbonyl (C=O) groups excluding carboxylic acids is 1. The van der Waals surface area contributed by atoms with Gasteiger partial charge in [0.2, 0.25) is 5.91 Å². The van der Waals surface area contributed by atoms with Crippen LogP contribution in [0.4, 0.5) is 0 Å². The summed E-state index contributed by atoms with van der Waals surface area (Å²) in [5.74, 6) is 1.68. The number of hydrogen-bond donors (Lipinski definition) is 2. The molecule has 0 saturated carbocycles. The van der Waals surface area contributed by atoms with Gasteiger partial charge in [-0.1, -0.05) is 12.1 Å². The van der Waals surface area contributed by atoms with Gasteiger partial charge in [0.05, 0.1) is 13.0 Å². The Hall–Kier alpha value is -1.55. The normalized spacial score (nSPS) is 20.9. The van der Waals surface area contributed by atoms with Gasteiger partial charge in [0.15, 0.2) is 0 Å². The van der Waals surface area contributed by atoms with Gasteiger partial charge in [0, 0.05) is 13.0 Å². The molecule has 0 bridgehead atoms. The molecule has 1 saturated heterocycles. The molecule has 4 heteroatoms. The zero-order valence-corrected chi connectivity index (χ0v) is 11.1. The van der Waals surface area contributed by atoms with Crippen LogP contribution >= 0.6 is 0 Å². The third kappa shape index (κ3) is 3.07. The average molecular weight is 260 g/mol. The molecule has 102 valence electrons. The average Bonchev–Trinajstić information content (AvgIpc) is 3.07. The Bertz CT molecular complexity index is 467. The van der Waals surface area contributed by atoms with E-state index in [0.29, 0.717) is 12.3 Å². The number of rotatable bonds is 4. The number of hydrogen-bond acceptors (Lipinski definition) is 3. The molecule has 2 aliphatic rings. The van der Waals surface area contributed by atoms with Gasteiger partial charge in [-0.3, -0.25) is 4.79 Å². The standard InChI is InChI=1S/C15H20N2O2/c18-15(17-10-12-3-5-16-9-12)8-11-1-2-14-13(7-11)4-6-19-14/h1-2,7,12,16H,3-6,8-10H2,(H,17,18). The van der Waals surface area contributed by atoms with Crippen LogP contribution in [0, 0.1) is 5.92 Å². The monoisotopic (exact) mass is 260 g/mol. The quantitative estimate of drug-likeness (QED) is 0.845. The molecule has 0 radical (unpaired) electrons. The maximum absolute atomic E-state index is 11.9. The van der Waals surface area contributed by atoms with E-state index in [9.17, 15) is 4.79 Å². The molecule has 1 fully saturated rings. The van der Waals surface area contributed by atoms with E-state index >= 15 is 0 Å². The van der Waals surface area contributed by atoms with Gasteiger partial charge in [-0.2, -0.15) is 0 Å². The molecule has 1 unspecified atom stereocenters. The molecule has 2 aliphatic heterocycles.